The topological polar surface area (TPSA) is 145 Å². The Hall–Kier alpha value is -4.07. The Balaban J connectivity index is 2.14. The van der Waals surface area contributed by atoms with E-state index >= 15 is 0 Å². The van der Waals surface area contributed by atoms with Crippen LogP contribution in [0.3, 0.4) is 0 Å². The highest BCUT2D eigenvalue weighted by atomic mass is 16.4. The number of carbonyl (C=O) groups is 2. The molecule has 0 saturated carbocycles. The van der Waals surface area contributed by atoms with Gasteiger partial charge < -0.3 is 24.8 Å². The number of Topliss-reactive ketones (excluding diaryl/α,β-unsaturated/α-hetero) is 1. The van der Waals surface area contributed by atoms with E-state index in [1.54, 1.807) is 0 Å². The fourth-order valence-electron chi connectivity index (χ4n) is 3.25. The molecule has 8 nitrogen and oxygen atoms in total. The zero-order chi connectivity index (χ0) is 22.0. The van der Waals surface area contributed by atoms with Crippen molar-refractivity contribution in [3.63, 3.8) is 0 Å². The summed E-state index contributed by atoms with van der Waals surface area (Å²) in [5.41, 5.74) is -0.826. The molecular weight excluding hydrogens is 392 g/mol. The number of aromatic hydroxyl groups is 4. The predicted octanol–water partition coefficient (Wildman–Crippen LogP) is 2.42. The molecule has 0 atom stereocenters. The van der Waals surface area contributed by atoms with Gasteiger partial charge in [0.25, 0.3) is 0 Å². The van der Waals surface area contributed by atoms with E-state index in [1.165, 1.54) is 37.3 Å². The number of phenolic OH excluding ortho intramolecular Hbond substituents is 3. The molecule has 3 aromatic rings. The molecule has 2 aromatic carbocycles. The lowest BCUT2D eigenvalue weighted by molar-refractivity contribution is -0.116. The van der Waals surface area contributed by atoms with Crippen molar-refractivity contribution < 1.29 is 34.4 Å². The summed E-state index contributed by atoms with van der Waals surface area (Å²) in [5.74, 6) is -2.59. The van der Waals surface area contributed by atoms with Gasteiger partial charge in [0.1, 0.15) is 34.5 Å². The second-order valence-corrected chi connectivity index (χ2v) is 6.80. The van der Waals surface area contributed by atoms with Crippen molar-refractivity contribution in [2.24, 2.45) is 0 Å². The molecule has 0 unspecified atom stereocenters. The quantitative estimate of drug-likeness (QED) is 0.453. The highest BCUT2D eigenvalue weighted by Crippen LogP contribution is 2.34. The van der Waals surface area contributed by atoms with E-state index in [1.807, 2.05) is 0 Å². The Kier molecular flexibility index (Phi) is 5.59. The number of hydrogen-bond donors (Lipinski definition) is 4. The van der Waals surface area contributed by atoms with Crippen LogP contribution < -0.4 is 5.63 Å². The Morgan fingerprint density at radius 3 is 2.20 bits per heavy atom. The number of phenols is 3. The van der Waals surface area contributed by atoms with Crippen molar-refractivity contribution in [1.82, 2.24) is 0 Å². The molecule has 0 aliphatic carbocycles. The average Bonchev–Trinajstić information content (AvgIpc) is 2.59. The van der Waals surface area contributed by atoms with Crippen LogP contribution in [0.2, 0.25) is 0 Å². The molecule has 0 amide bonds. The minimum absolute atomic E-state index is 0.0542. The summed E-state index contributed by atoms with van der Waals surface area (Å²) < 4.78 is 5.02. The van der Waals surface area contributed by atoms with Crippen LogP contribution in [0, 0.1) is 0 Å². The molecule has 8 heteroatoms. The van der Waals surface area contributed by atoms with Crippen LogP contribution in [-0.2, 0) is 17.6 Å². The third-order valence-corrected chi connectivity index (χ3v) is 4.38. The van der Waals surface area contributed by atoms with E-state index in [9.17, 15) is 34.8 Å². The number of carbonyl (C=O) groups excluding carboxylic acids is 2. The molecule has 0 radical (unpaired) electrons. The number of hydrogen-bond acceptors (Lipinski definition) is 8. The molecule has 0 fully saturated rings. The molecular formula is C22H18O8. The van der Waals surface area contributed by atoms with Crippen molar-refractivity contribution in [1.29, 1.82) is 0 Å². The Labute approximate surface area is 170 Å². The molecule has 154 valence electrons. The fourth-order valence-corrected chi connectivity index (χ4v) is 3.25. The average molecular weight is 410 g/mol. The van der Waals surface area contributed by atoms with Gasteiger partial charge in [-0.25, -0.2) is 4.79 Å². The Bertz CT molecular complexity index is 1210. The maximum Gasteiger partial charge on any atom is 0.339 e. The van der Waals surface area contributed by atoms with Crippen LogP contribution in [0.25, 0.3) is 0 Å². The molecule has 1 heterocycles. The van der Waals surface area contributed by atoms with E-state index in [4.69, 9.17) is 4.42 Å². The van der Waals surface area contributed by atoms with Gasteiger partial charge in [-0.2, -0.15) is 0 Å². The number of benzene rings is 2. The molecule has 0 aliphatic rings. The third kappa shape index (κ3) is 4.33. The van der Waals surface area contributed by atoms with Crippen LogP contribution in [0.15, 0.2) is 51.7 Å². The van der Waals surface area contributed by atoms with E-state index in [-0.39, 0.29) is 63.9 Å². The highest BCUT2D eigenvalue weighted by Gasteiger charge is 2.25. The van der Waals surface area contributed by atoms with Crippen molar-refractivity contribution in [3.8, 4) is 23.0 Å². The fraction of sp³-hybridized carbons (Fsp3) is 0.136. The van der Waals surface area contributed by atoms with Gasteiger partial charge in [0.05, 0.1) is 17.2 Å². The smallest absolute Gasteiger partial charge is 0.339 e. The molecule has 0 saturated heterocycles. The molecule has 0 spiro atoms. The Morgan fingerprint density at radius 1 is 0.867 bits per heavy atom. The van der Waals surface area contributed by atoms with Crippen LogP contribution in [0.5, 0.6) is 23.0 Å². The van der Waals surface area contributed by atoms with Crippen molar-refractivity contribution in [2.45, 2.75) is 19.8 Å². The van der Waals surface area contributed by atoms with Gasteiger partial charge in [-0.05, 0) is 30.2 Å². The van der Waals surface area contributed by atoms with E-state index in [0.717, 1.165) is 12.1 Å². The number of rotatable bonds is 6. The minimum Gasteiger partial charge on any atom is -0.508 e. The molecule has 4 N–H and O–H groups in total. The van der Waals surface area contributed by atoms with Crippen molar-refractivity contribution in [2.75, 3.05) is 0 Å². The molecule has 30 heavy (non-hydrogen) atoms. The van der Waals surface area contributed by atoms with Gasteiger partial charge in [0, 0.05) is 25.0 Å². The SMILES string of the molecule is CC(=O)Cc1cc(O)cc(O)c1C(=O)c1c(O)cccc1Cc1cc(O)cc(=O)o1. The summed E-state index contributed by atoms with van der Waals surface area (Å²) in [6.07, 6.45) is -0.326. The zero-order valence-electron chi connectivity index (χ0n) is 15.9. The first-order valence-electron chi connectivity index (χ1n) is 8.88. The largest absolute Gasteiger partial charge is 0.508 e. The Morgan fingerprint density at radius 2 is 1.53 bits per heavy atom. The summed E-state index contributed by atoms with van der Waals surface area (Å²) in [5, 5.41) is 40.0. The second kappa shape index (κ2) is 8.12. The predicted molar refractivity (Wildman–Crippen MR) is 105 cm³/mol. The monoisotopic (exact) mass is 410 g/mol. The first kappa shape index (κ1) is 20.7. The number of ketones is 2. The van der Waals surface area contributed by atoms with Crippen molar-refractivity contribution in [3.05, 3.63) is 80.9 Å². The third-order valence-electron chi connectivity index (χ3n) is 4.38. The lowest BCUT2D eigenvalue weighted by atomic mass is 9.90. The highest BCUT2D eigenvalue weighted by molar-refractivity contribution is 6.14. The van der Waals surface area contributed by atoms with Gasteiger partial charge in [0.2, 0.25) is 5.78 Å². The van der Waals surface area contributed by atoms with Crippen molar-refractivity contribution >= 4 is 11.6 Å². The normalized spacial score (nSPS) is 10.7. The second-order valence-electron chi connectivity index (χ2n) is 6.80. The van der Waals surface area contributed by atoms with E-state index in [0.29, 0.717) is 0 Å². The van der Waals surface area contributed by atoms with Crippen LogP contribution >= 0.6 is 0 Å². The lowest BCUT2D eigenvalue weighted by Crippen LogP contribution is -2.12. The molecule has 1 aromatic heterocycles. The van der Waals surface area contributed by atoms with Crippen LogP contribution in [-0.4, -0.2) is 32.0 Å². The molecule has 0 aliphatic heterocycles. The minimum atomic E-state index is -0.780. The van der Waals surface area contributed by atoms with Gasteiger partial charge in [-0.3, -0.25) is 9.59 Å². The standard InChI is InChI=1S/C22H18O8/c1-11(23)5-13-6-14(24)9-18(27)21(13)22(29)20-12(3-2-4-17(20)26)7-16-8-15(25)10-19(28)30-16/h2-4,6,8-10,24-27H,5,7H2,1H3. The van der Waals surface area contributed by atoms with Crippen LogP contribution in [0.4, 0.5) is 0 Å². The summed E-state index contributed by atoms with van der Waals surface area (Å²) in [4.78, 5) is 36.4. The maximum absolute atomic E-state index is 13.3. The summed E-state index contributed by atoms with van der Waals surface area (Å²) in [6.45, 7) is 1.30. The van der Waals surface area contributed by atoms with Gasteiger partial charge in [0.15, 0.2) is 0 Å². The van der Waals surface area contributed by atoms with Gasteiger partial charge in [-0.15, -0.1) is 0 Å². The van der Waals surface area contributed by atoms with E-state index in [2.05, 4.69) is 0 Å². The zero-order valence-corrected chi connectivity index (χ0v) is 15.9. The van der Waals surface area contributed by atoms with E-state index < -0.39 is 17.2 Å². The molecule has 0 bridgehead atoms. The van der Waals surface area contributed by atoms with Gasteiger partial charge >= 0.3 is 5.63 Å². The molecule has 3 rings (SSSR count). The first-order valence-corrected chi connectivity index (χ1v) is 8.88. The van der Waals surface area contributed by atoms with Crippen LogP contribution in [0.1, 0.15) is 39.7 Å². The first-order chi connectivity index (χ1) is 14.2. The summed E-state index contributed by atoms with van der Waals surface area (Å²) in [7, 11) is 0. The van der Waals surface area contributed by atoms with Gasteiger partial charge in [-0.1, -0.05) is 12.1 Å². The lowest BCUT2D eigenvalue weighted by Gasteiger charge is -2.14. The summed E-state index contributed by atoms with van der Waals surface area (Å²) >= 11 is 0. The summed E-state index contributed by atoms with van der Waals surface area (Å²) in [6, 6.07) is 8.53. The maximum atomic E-state index is 13.3.